The fraction of sp³-hybridized carbons (Fsp3) is 0.0417. The molecule has 0 fully saturated rings. The molecule has 4 nitrogen and oxygen atoms in total. The number of hydrogen-bond acceptors (Lipinski definition) is 3. The first kappa shape index (κ1) is 16.4. The van der Waals surface area contributed by atoms with Crippen LogP contribution in [-0.2, 0) is 0 Å². The van der Waals surface area contributed by atoms with Gasteiger partial charge in [0.1, 0.15) is 0 Å². The molecule has 0 saturated carbocycles. The number of pyridine rings is 1. The van der Waals surface area contributed by atoms with E-state index in [-0.39, 0.29) is 0 Å². The summed E-state index contributed by atoms with van der Waals surface area (Å²) in [6.07, 6.45) is 3.61. The number of hydrogen-bond donors (Lipinski definition) is 0. The van der Waals surface area contributed by atoms with Crippen molar-refractivity contribution in [2.75, 3.05) is 0 Å². The van der Waals surface area contributed by atoms with Gasteiger partial charge in [-0.05, 0) is 30.7 Å². The van der Waals surface area contributed by atoms with Gasteiger partial charge in [0.15, 0.2) is 5.65 Å². The maximum absolute atomic E-state index is 5.01. The Morgan fingerprint density at radius 3 is 2.04 bits per heavy atom. The van der Waals surface area contributed by atoms with Crippen LogP contribution in [0.3, 0.4) is 0 Å². The molecule has 0 amide bonds. The maximum Gasteiger partial charge on any atom is 0.164 e. The molecule has 0 aliphatic rings. The zero-order chi connectivity index (χ0) is 18.9. The van der Waals surface area contributed by atoms with Crippen LogP contribution >= 0.6 is 0 Å². The van der Waals surface area contributed by atoms with Gasteiger partial charge in [-0.25, -0.2) is 9.50 Å². The number of aryl methyl sites for hydroxylation is 1. The molecular formula is C24H18N4. The Kier molecular flexibility index (Phi) is 3.95. The summed E-state index contributed by atoms with van der Waals surface area (Å²) in [6.45, 7) is 2.04. The molecule has 0 saturated heterocycles. The molecule has 5 aromatic rings. The van der Waals surface area contributed by atoms with Crippen LogP contribution < -0.4 is 0 Å². The van der Waals surface area contributed by atoms with Gasteiger partial charge in [-0.15, -0.1) is 0 Å². The highest BCUT2D eigenvalue weighted by Crippen LogP contribution is 2.32. The molecule has 5 rings (SSSR count). The summed E-state index contributed by atoms with van der Waals surface area (Å²) in [5, 5.41) is 4.83. The second-order valence-electron chi connectivity index (χ2n) is 6.69. The third-order valence-electron chi connectivity index (χ3n) is 4.87. The van der Waals surface area contributed by atoms with Crippen LogP contribution in [0.25, 0.3) is 39.3 Å². The standard InChI is InChI=1S/C24H18N4/c1-17-23(20-10-6-3-7-11-20)24-26-21(18-8-4-2-5-9-18)16-22(28(24)27-17)19-12-14-25-15-13-19/h2-16H,1H3. The molecule has 0 bridgehead atoms. The van der Waals surface area contributed by atoms with Gasteiger partial charge in [0, 0.05) is 29.1 Å². The Hall–Kier alpha value is -3.79. The van der Waals surface area contributed by atoms with Crippen molar-refractivity contribution in [3.63, 3.8) is 0 Å². The molecule has 0 aliphatic carbocycles. The smallest absolute Gasteiger partial charge is 0.164 e. The molecule has 134 valence electrons. The molecule has 0 radical (unpaired) electrons. The Labute approximate surface area is 163 Å². The van der Waals surface area contributed by atoms with Gasteiger partial charge in [-0.3, -0.25) is 4.98 Å². The SMILES string of the molecule is Cc1nn2c(-c3ccncc3)cc(-c3ccccc3)nc2c1-c1ccccc1. The van der Waals surface area contributed by atoms with E-state index in [1.54, 1.807) is 12.4 Å². The van der Waals surface area contributed by atoms with Crippen molar-refractivity contribution in [1.82, 2.24) is 19.6 Å². The largest absolute Gasteiger partial charge is 0.265 e. The third kappa shape index (κ3) is 2.76. The van der Waals surface area contributed by atoms with Crippen LogP contribution in [0.4, 0.5) is 0 Å². The molecule has 3 heterocycles. The van der Waals surface area contributed by atoms with Gasteiger partial charge in [0.05, 0.1) is 17.1 Å². The van der Waals surface area contributed by atoms with Crippen LogP contribution in [0.2, 0.25) is 0 Å². The minimum absolute atomic E-state index is 0.858. The number of rotatable bonds is 3. The summed E-state index contributed by atoms with van der Waals surface area (Å²) in [4.78, 5) is 9.17. The van der Waals surface area contributed by atoms with E-state index in [2.05, 4.69) is 35.3 Å². The number of aromatic nitrogens is 4. The Balaban J connectivity index is 1.86. The van der Waals surface area contributed by atoms with Crippen molar-refractivity contribution in [3.05, 3.63) is 97.0 Å². The van der Waals surface area contributed by atoms with Crippen molar-refractivity contribution < 1.29 is 0 Å². The van der Waals surface area contributed by atoms with Crippen LogP contribution in [0.1, 0.15) is 5.69 Å². The van der Waals surface area contributed by atoms with E-state index >= 15 is 0 Å². The van der Waals surface area contributed by atoms with Crippen LogP contribution in [0.5, 0.6) is 0 Å². The average molecular weight is 362 g/mol. The molecule has 28 heavy (non-hydrogen) atoms. The minimum Gasteiger partial charge on any atom is -0.265 e. The van der Waals surface area contributed by atoms with Crippen molar-refractivity contribution in [2.24, 2.45) is 0 Å². The predicted molar refractivity (Wildman–Crippen MR) is 112 cm³/mol. The first-order valence-corrected chi connectivity index (χ1v) is 9.23. The van der Waals surface area contributed by atoms with E-state index in [9.17, 15) is 0 Å². The number of fused-ring (bicyclic) bond motifs is 1. The van der Waals surface area contributed by atoms with E-state index in [4.69, 9.17) is 10.1 Å². The summed E-state index contributed by atoms with van der Waals surface area (Å²) in [7, 11) is 0. The predicted octanol–water partition coefficient (Wildman–Crippen LogP) is 5.43. The maximum atomic E-state index is 5.01. The Morgan fingerprint density at radius 1 is 0.714 bits per heavy atom. The fourth-order valence-electron chi connectivity index (χ4n) is 3.55. The third-order valence-corrected chi connectivity index (χ3v) is 4.87. The molecule has 4 heteroatoms. The van der Waals surface area contributed by atoms with Crippen molar-refractivity contribution >= 4 is 5.65 Å². The molecular weight excluding hydrogens is 344 g/mol. The van der Waals surface area contributed by atoms with Gasteiger partial charge in [-0.1, -0.05) is 60.7 Å². The number of nitrogens with zero attached hydrogens (tertiary/aromatic N) is 4. The quantitative estimate of drug-likeness (QED) is 0.429. The highest BCUT2D eigenvalue weighted by Gasteiger charge is 2.18. The second-order valence-corrected chi connectivity index (χ2v) is 6.69. The van der Waals surface area contributed by atoms with Crippen LogP contribution in [-0.4, -0.2) is 19.6 Å². The number of benzene rings is 2. The van der Waals surface area contributed by atoms with Crippen molar-refractivity contribution in [2.45, 2.75) is 6.92 Å². The van der Waals surface area contributed by atoms with E-state index in [0.717, 1.165) is 45.0 Å². The average Bonchev–Trinajstić information content (AvgIpc) is 3.10. The Morgan fingerprint density at radius 2 is 1.36 bits per heavy atom. The minimum atomic E-state index is 0.858. The van der Waals surface area contributed by atoms with Gasteiger partial charge < -0.3 is 0 Å². The van der Waals surface area contributed by atoms with Crippen LogP contribution in [0.15, 0.2) is 91.3 Å². The van der Waals surface area contributed by atoms with Crippen molar-refractivity contribution in [3.8, 4) is 33.6 Å². The summed E-state index contributed by atoms with van der Waals surface area (Å²) in [5.74, 6) is 0. The van der Waals surface area contributed by atoms with E-state index in [1.165, 1.54) is 0 Å². The highest BCUT2D eigenvalue weighted by molar-refractivity contribution is 5.83. The summed E-state index contributed by atoms with van der Waals surface area (Å²) in [5.41, 5.74) is 8.06. The molecule has 0 atom stereocenters. The van der Waals surface area contributed by atoms with Gasteiger partial charge in [0.25, 0.3) is 0 Å². The monoisotopic (exact) mass is 362 g/mol. The summed E-state index contributed by atoms with van der Waals surface area (Å²) < 4.78 is 1.94. The molecule has 0 aliphatic heterocycles. The molecule has 0 spiro atoms. The van der Waals surface area contributed by atoms with Gasteiger partial charge >= 0.3 is 0 Å². The summed E-state index contributed by atoms with van der Waals surface area (Å²) >= 11 is 0. The second kappa shape index (κ2) is 6.74. The first-order valence-electron chi connectivity index (χ1n) is 9.23. The Bertz CT molecular complexity index is 1240. The van der Waals surface area contributed by atoms with Gasteiger partial charge in [-0.2, -0.15) is 5.10 Å². The lowest BCUT2D eigenvalue weighted by atomic mass is 10.1. The molecule has 2 aromatic carbocycles. The molecule has 0 N–H and O–H groups in total. The first-order chi connectivity index (χ1) is 13.8. The zero-order valence-electron chi connectivity index (χ0n) is 15.4. The lowest BCUT2D eigenvalue weighted by Crippen LogP contribution is -1.99. The zero-order valence-corrected chi connectivity index (χ0v) is 15.4. The van der Waals surface area contributed by atoms with E-state index in [0.29, 0.717) is 0 Å². The van der Waals surface area contributed by atoms with E-state index < -0.39 is 0 Å². The summed E-state index contributed by atoms with van der Waals surface area (Å²) in [6, 6.07) is 26.7. The van der Waals surface area contributed by atoms with Crippen LogP contribution in [0, 0.1) is 6.92 Å². The topological polar surface area (TPSA) is 43.1 Å². The molecule has 3 aromatic heterocycles. The highest BCUT2D eigenvalue weighted by atomic mass is 15.3. The lowest BCUT2D eigenvalue weighted by molar-refractivity contribution is 0.926. The van der Waals surface area contributed by atoms with E-state index in [1.807, 2.05) is 60.0 Å². The molecule has 0 unspecified atom stereocenters. The fourth-order valence-corrected chi connectivity index (χ4v) is 3.55. The van der Waals surface area contributed by atoms with Crippen molar-refractivity contribution in [1.29, 1.82) is 0 Å². The van der Waals surface area contributed by atoms with Gasteiger partial charge in [0.2, 0.25) is 0 Å². The lowest BCUT2D eigenvalue weighted by Gasteiger charge is -2.09. The normalized spacial score (nSPS) is 11.0.